The second-order valence-electron chi connectivity index (χ2n) is 4.19. The molecule has 0 amide bonds. The fourth-order valence-electron chi connectivity index (χ4n) is 1.60. The van der Waals surface area contributed by atoms with Crippen LogP contribution >= 0.6 is 0 Å². The van der Waals surface area contributed by atoms with Crippen LogP contribution in [0.1, 0.15) is 19.4 Å². The Bertz CT molecular complexity index is 375. The molecule has 0 aliphatic heterocycles. The Kier molecular flexibility index (Phi) is 5.65. The lowest BCUT2D eigenvalue weighted by atomic mass is 10.2. The Hall–Kier alpha value is -1.55. The molecule has 0 fully saturated rings. The summed E-state index contributed by atoms with van der Waals surface area (Å²) in [6.45, 7) is 4.78. The number of carbonyl (C=O) groups excluding carboxylic acids is 1. The van der Waals surface area contributed by atoms with Gasteiger partial charge in [-0.1, -0.05) is 12.1 Å². The predicted molar refractivity (Wildman–Crippen MR) is 70.6 cm³/mol. The van der Waals surface area contributed by atoms with Crippen LogP contribution in [0, 0.1) is 0 Å². The van der Waals surface area contributed by atoms with Crippen LogP contribution < -0.4 is 4.74 Å². The summed E-state index contributed by atoms with van der Waals surface area (Å²) in [6, 6.07) is 7.57. The fourth-order valence-corrected chi connectivity index (χ4v) is 1.60. The monoisotopic (exact) mass is 251 g/mol. The van der Waals surface area contributed by atoms with Gasteiger partial charge in [0.25, 0.3) is 0 Å². The number of nitrogens with zero attached hydrogens (tertiary/aromatic N) is 1. The van der Waals surface area contributed by atoms with E-state index in [-0.39, 0.29) is 12.0 Å². The average Bonchev–Trinajstić information content (AvgIpc) is 2.39. The van der Waals surface area contributed by atoms with Crippen molar-refractivity contribution in [3.05, 3.63) is 29.8 Å². The molecule has 0 N–H and O–H groups in total. The molecule has 1 aromatic rings. The molecule has 0 heterocycles. The minimum absolute atomic E-state index is 0.187. The van der Waals surface area contributed by atoms with Gasteiger partial charge in [0, 0.05) is 6.54 Å². The van der Waals surface area contributed by atoms with Gasteiger partial charge in [0.05, 0.1) is 13.7 Å². The van der Waals surface area contributed by atoms with E-state index >= 15 is 0 Å². The SMILES string of the molecule is CCOC(=O)C(C)N(C)Cc1ccc(OC)cc1. The maximum absolute atomic E-state index is 11.6. The summed E-state index contributed by atoms with van der Waals surface area (Å²) < 4.78 is 10.1. The topological polar surface area (TPSA) is 38.8 Å². The summed E-state index contributed by atoms with van der Waals surface area (Å²) in [4.78, 5) is 13.5. The number of hydrogen-bond donors (Lipinski definition) is 0. The highest BCUT2D eigenvalue weighted by atomic mass is 16.5. The summed E-state index contributed by atoms with van der Waals surface area (Å²) in [5.41, 5.74) is 1.13. The lowest BCUT2D eigenvalue weighted by Gasteiger charge is -2.23. The molecule has 0 aliphatic rings. The maximum atomic E-state index is 11.6. The van der Waals surface area contributed by atoms with Gasteiger partial charge < -0.3 is 9.47 Å². The van der Waals surface area contributed by atoms with Crippen molar-refractivity contribution < 1.29 is 14.3 Å². The van der Waals surface area contributed by atoms with E-state index in [1.807, 2.05) is 50.1 Å². The molecule has 1 aromatic carbocycles. The van der Waals surface area contributed by atoms with Crippen LogP contribution in [0.15, 0.2) is 24.3 Å². The zero-order chi connectivity index (χ0) is 13.5. The lowest BCUT2D eigenvalue weighted by Crippen LogP contribution is -2.36. The Morgan fingerprint density at radius 1 is 1.33 bits per heavy atom. The molecule has 0 spiro atoms. The van der Waals surface area contributed by atoms with E-state index in [0.29, 0.717) is 13.2 Å². The molecule has 0 radical (unpaired) electrons. The fraction of sp³-hybridized carbons (Fsp3) is 0.500. The van der Waals surface area contributed by atoms with E-state index in [4.69, 9.17) is 9.47 Å². The smallest absolute Gasteiger partial charge is 0.323 e. The molecule has 4 nitrogen and oxygen atoms in total. The molecule has 1 unspecified atom stereocenters. The van der Waals surface area contributed by atoms with E-state index in [2.05, 4.69) is 0 Å². The standard InChI is InChI=1S/C14H21NO3/c1-5-18-14(16)11(2)15(3)10-12-6-8-13(17-4)9-7-12/h6-9,11H,5,10H2,1-4H3. The molecule has 4 heteroatoms. The van der Waals surface area contributed by atoms with Crippen LogP contribution in [0.3, 0.4) is 0 Å². The number of methoxy groups -OCH3 is 1. The molecule has 100 valence electrons. The first-order valence-electron chi connectivity index (χ1n) is 6.08. The lowest BCUT2D eigenvalue weighted by molar-refractivity contribution is -0.148. The average molecular weight is 251 g/mol. The van der Waals surface area contributed by atoms with E-state index < -0.39 is 0 Å². The predicted octanol–water partition coefficient (Wildman–Crippen LogP) is 2.08. The molecule has 0 saturated carbocycles. The highest BCUT2D eigenvalue weighted by Crippen LogP contribution is 2.13. The van der Waals surface area contributed by atoms with E-state index in [9.17, 15) is 4.79 Å². The Balaban J connectivity index is 2.57. The van der Waals surface area contributed by atoms with E-state index in [1.165, 1.54) is 0 Å². The summed E-state index contributed by atoms with van der Waals surface area (Å²) in [5.74, 6) is 0.647. The van der Waals surface area contributed by atoms with Crippen molar-refractivity contribution in [3.63, 3.8) is 0 Å². The largest absolute Gasteiger partial charge is 0.497 e. The zero-order valence-electron chi connectivity index (χ0n) is 11.5. The summed E-state index contributed by atoms with van der Waals surface area (Å²) >= 11 is 0. The molecule has 0 aliphatic carbocycles. The normalized spacial score (nSPS) is 12.3. The van der Waals surface area contributed by atoms with Gasteiger partial charge in [-0.05, 0) is 38.6 Å². The third-order valence-electron chi connectivity index (χ3n) is 2.88. The van der Waals surface area contributed by atoms with Gasteiger partial charge in [-0.3, -0.25) is 9.69 Å². The summed E-state index contributed by atoms with van der Waals surface area (Å²) in [6.07, 6.45) is 0. The van der Waals surface area contributed by atoms with E-state index in [1.54, 1.807) is 7.11 Å². The van der Waals surface area contributed by atoms with Crippen molar-refractivity contribution in [3.8, 4) is 5.75 Å². The van der Waals surface area contributed by atoms with Crippen LogP contribution in [0.4, 0.5) is 0 Å². The molecule has 0 bridgehead atoms. The first kappa shape index (κ1) is 14.5. The van der Waals surface area contributed by atoms with Gasteiger partial charge >= 0.3 is 5.97 Å². The second kappa shape index (κ2) is 7.01. The van der Waals surface area contributed by atoms with Gasteiger partial charge in [0.15, 0.2) is 0 Å². The van der Waals surface area contributed by atoms with Crippen molar-refractivity contribution in [2.45, 2.75) is 26.4 Å². The Morgan fingerprint density at radius 2 is 1.94 bits per heavy atom. The second-order valence-corrected chi connectivity index (χ2v) is 4.19. The minimum Gasteiger partial charge on any atom is -0.497 e. The quantitative estimate of drug-likeness (QED) is 0.726. The van der Waals surface area contributed by atoms with Crippen LogP contribution in [0.5, 0.6) is 5.75 Å². The first-order chi connectivity index (χ1) is 8.58. The van der Waals surface area contributed by atoms with Crippen molar-refractivity contribution in [2.75, 3.05) is 20.8 Å². The van der Waals surface area contributed by atoms with Crippen LogP contribution in [-0.2, 0) is 16.1 Å². The number of hydrogen-bond acceptors (Lipinski definition) is 4. The maximum Gasteiger partial charge on any atom is 0.323 e. The van der Waals surface area contributed by atoms with Crippen LogP contribution in [0.2, 0.25) is 0 Å². The van der Waals surface area contributed by atoms with Gasteiger partial charge in [0.1, 0.15) is 11.8 Å². The summed E-state index contributed by atoms with van der Waals surface area (Å²) in [5, 5.41) is 0. The van der Waals surface area contributed by atoms with Gasteiger partial charge in [0.2, 0.25) is 0 Å². The van der Waals surface area contributed by atoms with Crippen LogP contribution in [0.25, 0.3) is 0 Å². The van der Waals surface area contributed by atoms with Crippen molar-refractivity contribution in [1.82, 2.24) is 4.90 Å². The first-order valence-corrected chi connectivity index (χ1v) is 6.08. The molecule has 0 saturated heterocycles. The number of esters is 1. The number of likely N-dealkylation sites (N-methyl/N-ethyl adjacent to an activating group) is 1. The zero-order valence-corrected chi connectivity index (χ0v) is 11.5. The highest BCUT2D eigenvalue weighted by molar-refractivity contribution is 5.75. The van der Waals surface area contributed by atoms with Crippen molar-refractivity contribution >= 4 is 5.97 Å². The minimum atomic E-state index is -0.243. The number of benzene rings is 1. The third kappa shape index (κ3) is 4.04. The van der Waals surface area contributed by atoms with Crippen molar-refractivity contribution in [1.29, 1.82) is 0 Å². The molecule has 1 atom stereocenters. The van der Waals surface area contributed by atoms with Gasteiger partial charge in [-0.25, -0.2) is 0 Å². The number of carbonyl (C=O) groups is 1. The Morgan fingerprint density at radius 3 is 2.44 bits per heavy atom. The molecule has 18 heavy (non-hydrogen) atoms. The highest BCUT2D eigenvalue weighted by Gasteiger charge is 2.18. The number of ether oxygens (including phenoxy) is 2. The van der Waals surface area contributed by atoms with Gasteiger partial charge in [-0.2, -0.15) is 0 Å². The third-order valence-corrected chi connectivity index (χ3v) is 2.88. The number of rotatable bonds is 6. The molecular formula is C14H21NO3. The molecular weight excluding hydrogens is 230 g/mol. The van der Waals surface area contributed by atoms with E-state index in [0.717, 1.165) is 11.3 Å². The van der Waals surface area contributed by atoms with Crippen molar-refractivity contribution in [2.24, 2.45) is 0 Å². The summed E-state index contributed by atoms with van der Waals surface area (Å²) in [7, 11) is 3.55. The van der Waals surface area contributed by atoms with Gasteiger partial charge in [-0.15, -0.1) is 0 Å². The van der Waals surface area contributed by atoms with Crippen LogP contribution in [-0.4, -0.2) is 37.7 Å². The Labute approximate surface area is 108 Å². The molecule has 0 aromatic heterocycles. The molecule has 1 rings (SSSR count).